The fourth-order valence-corrected chi connectivity index (χ4v) is 2.06. The molecule has 0 aliphatic carbocycles. The van der Waals surface area contributed by atoms with Crippen LogP contribution in [0.15, 0.2) is 29.0 Å². The molecule has 4 nitrogen and oxygen atoms in total. The third-order valence-electron chi connectivity index (χ3n) is 3.06. The van der Waals surface area contributed by atoms with Crippen LogP contribution in [0.4, 0.5) is 0 Å². The summed E-state index contributed by atoms with van der Waals surface area (Å²) < 4.78 is 10.5. The van der Waals surface area contributed by atoms with Crippen molar-refractivity contribution in [2.75, 3.05) is 20.2 Å². The summed E-state index contributed by atoms with van der Waals surface area (Å²) in [6, 6.07) is 6.15. The largest absolute Gasteiger partial charge is 0.443 e. The lowest BCUT2D eigenvalue weighted by atomic mass is 10.1. The number of fused-ring (bicyclic) bond motifs is 1. The van der Waals surface area contributed by atoms with E-state index in [1.165, 1.54) is 12.0 Å². The predicted molar refractivity (Wildman–Crippen MR) is 60.1 cm³/mol. The van der Waals surface area contributed by atoms with Gasteiger partial charge >= 0.3 is 0 Å². The van der Waals surface area contributed by atoms with Gasteiger partial charge in [0.25, 0.3) is 0 Å². The standard InChI is InChI=1S/C12H14N2O2/c1-15-10-6-14(7-10)5-9-2-3-12-11(4-9)13-8-16-12/h2-4,8,10H,5-7H2,1H3. The molecule has 2 heterocycles. The van der Waals surface area contributed by atoms with Crippen molar-refractivity contribution < 1.29 is 9.15 Å². The van der Waals surface area contributed by atoms with Crippen LogP contribution in [0.1, 0.15) is 5.56 Å². The van der Waals surface area contributed by atoms with Crippen molar-refractivity contribution in [1.29, 1.82) is 0 Å². The van der Waals surface area contributed by atoms with Gasteiger partial charge < -0.3 is 9.15 Å². The second-order valence-corrected chi connectivity index (χ2v) is 4.21. The first-order valence-corrected chi connectivity index (χ1v) is 5.42. The average Bonchev–Trinajstić information content (AvgIpc) is 2.69. The molecule has 84 valence electrons. The fraction of sp³-hybridized carbons (Fsp3) is 0.417. The molecular weight excluding hydrogens is 204 g/mol. The molecule has 16 heavy (non-hydrogen) atoms. The zero-order valence-electron chi connectivity index (χ0n) is 9.22. The molecule has 4 heteroatoms. The first-order chi connectivity index (χ1) is 7.85. The molecule has 0 N–H and O–H groups in total. The van der Waals surface area contributed by atoms with Crippen LogP contribution in [0.5, 0.6) is 0 Å². The maximum Gasteiger partial charge on any atom is 0.181 e. The van der Waals surface area contributed by atoms with E-state index < -0.39 is 0 Å². The second-order valence-electron chi connectivity index (χ2n) is 4.21. The van der Waals surface area contributed by atoms with Crippen LogP contribution in [-0.2, 0) is 11.3 Å². The Morgan fingerprint density at radius 2 is 2.38 bits per heavy atom. The van der Waals surface area contributed by atoms with E-state index >= 15 is 0 Å². The minimum absolute atomic E-state index is 0.413. The molecule has 0 bridgehead atoms. The summed E-state index contributed by atoms with van der Waals surface area (Å²) in [5.41, 5.74) is 3.05. The molecule has 1 fully saturated rings. The number of hydrogen-bond acceptors (Lipinski definition) is 4. The number of methoxy groups -OCH3 is 1. The van der Waals surface area contributed by atoms with Crippen LogP contribution in [-0.4, -0.2) is 36.2 Å². The van der Waals surface area contributed by atoms with Crippen molar-refractivity contribution in [1.82, 2.24) is 9.88 Å². The number of rotatable bonds is 3. The summed E-state index contributed by atoms with van der Waals surface area (Å²) in [4.78, 5) is 6.51. The Morgan fingerprint density at radius 1 is 1.50 bits per heavy atom. The lowest BCUT2D eigenvalue weighted by molar-refractivity contribution is -0.0333. The van der Waals surface area contributed by atoms with Gasteiger partial charge in [0.1, 0.15) is 5.52 Å². The van der Waals surface area contributed by atoms with Crippen LogP contribution >= 0.6 is 0 Å². The van der Waals surface area contributed by atoms with E-state index in [0.29, 0.717) is 6.10 Å². The maximum absolute atomic E-state index is 5.24. The monoisotopic (exact) mass is 218 g/mol. The normalized spacial score (nSPS) is 17.8. The predicted octanol–water partition coefficient (Wildman–Crippen LogP) is 1.66. The van der Waals surface area contributed by atoms with Crippen molar-refractivity contribution in [3.8, 4) is 0 Å². The molecular formula is C12H14N2O2. The Hall–Kier alpha value is -1.39. The van der Waals surface area contributed by atoms with Gasteiger partial charge in [0.2, 0.25) is 0 Å². The summed E-state index contributed by atoms with van der Waals surface area (Å²) in [6.45, 7) is 3.00. The van der Waals surface area contributed by atoms with Gasteiger partial charge in [0, 0.05) is 26.7 Å². The second kappa shape index (κ2) is 3.88. The molecule has 1 saturated heterocycles. The van der Waals surface area contributed by atoms with Gasteiger partial charge in [-0.25, -0.2) is 4.98 Å². The zero-order valence-corrected chi connectivity index (χ0v) is 9.22. The third-order valence-corrected chi connectivity index (χ3v) is 3.06. The molecule has 1 aliphatic heterocycles. The highest BCUT2D eigenvalue weighted by atomic mass is 16.5. The SMILES string of the molecule is COC1CN(Cc2ccc3ocnc3c2)C1. The van der Waals surface area contributed by atoms with E-state index in [1.807, 2.05) is 6.07 Å². The molecule has 0 radical (unpaired) electrons. The highest BCUT2D eigenvalue weighted by Gasteiger charge is 2.25. The Kier molecular flexibility index (Phi) is 2.38. The average molecular weight is 218 g/mol. The molecule has 1 aliphatic rings. The number of oxazole rings is 1. The van der Waals surface area contributed by atoms with Crippen molar-refractivity contribution in [2.24, 2.45) is 0 Å². The molecule has 2 aromatic rings. The van der Waals surface area contributed by atoms with E-state index in [-0.39, 0.29) is 0 Å². The molecule has 0 atom stereocenters. The number of ether oxygens (including phenoxy) is 1. The lowest BCUT2D eigenvalue weighted by Crippen LogP contribution is -2.50. The highest BCUT2D eigenvalue weighted by molar-refractivity contribution is 5.72. The Bertz CT molecular complexity index is 488. The number of aromatic nitrogens is 1. The van der Waals surface area contributed by atoms with E-state index in [9.17, 15) is 0 Å². The first kappa shape index (κ1) is 9.81. The summed E-state index contributed by atoms with van der Waals surface area (Å²) >= 11 is 0. The number of likely N-dealkylation sites (tertiary alicyclic amines) is 1. The maximum atomic E-state index is 5.24. The molecule has 0 unspecified atom stereocenters. The minimum Gasteiger partial charge on any atom is -0.443 e. The van der Waals surface area contributed by atoms with Gasteiger partial charge in [-0.15, -0.1) is 0 Å². The molecule has 0 saturated carbocycles. The van der Waals surface area contributed by atoms with Gasteiger partial charge in [-0.3, -0.25) is 4.90 Å². The van der Waals surface area contributed by atoms with Crippen molar-refractivity contribution in [3.05, 3.63) is 30.2 Å². The summed E-state index contributed by atoms with van der Waals surface area (Å²) in [5, 5.41) is 0. The molecule has 0 spiro atoms. The Balaban J connectivity index is 1.70. The Morgan fingerprint density at radius 3 is 3.19 bits per heavy atom. The van der Waals surface area contributed by atoms with Crippen LogP contribution in [0.3, 0.4) is 0 Å². The van der Waals surface area contributed by atoms with Crippen LogP contribution < -0.4 is 0 Å². The van der Waals surface area contributed by atoms with Crippen molar-refractivity contribution >= 4 is 11.1 Å². The molecule has 3 rings (SSSR count). The number of hydrogen-bond donors (Lipinski definition) is 0. The summed E-state index contributed by atoms with van der Waals surface area (Å²) in [6.07, 6.45) is 1.90. The topological polar surface area (TPSA) is 38.5 Å². The van der Waals surface area contributed by atoms with E-state index in [4.69, 9.17) is 9.15 Å². The number of nitrogens with zero attached hydrogens (tertiary/aromatic N) is 2. The number of benzene rings is 1. The van der Waals surface area contributed by atoms with Gasteiger partial charge in [-0.05, 0) is 17.7 Å². The molecule has 1 aromatic carbocycles. The molecule has 0 amide bonds. The van der Waals surface area contributed by atoms with Crippen LogP contribution in [0.2, 0.25) is 0 Å². The lowest BCUT2D eigenvalue weighted by Gasteiger charge is -2.38. The third kappa shape index (κ3) is 1.70. The fourth-order valence-electron chi connectivity index (χ4n) is 2.06. The van der Waals surface area contributed by atoms with Crippen LogP contribution in [0.25, 0.3) is 11.1 Å². The van der Waals surface area contributed by atoms with Gasteiger partial charge in [-0.2, -0.15) is 0 Å². The zero-order chi connectivity index (χ0) is 11.0. The smallest absolute Gasteiger partial charge is 0.181 e. The minimum atomic E-state index is 0.413. The van der Waals surface area contributed by atoms with Gasteiger partial charge in [0.15, 0.2) is 12.0 Å². The summed E-state index contributed by atoms with van der Waals surface area (Å²) in [7, 11) is 1.77. The summed E-state index contributed by atoms with van der Waals surface area (Å²) in [5.74, 6) is 0. The van der Waals surface area contributed by atoms with Gasteiger partial charge in [0.05, 0.1) is 6.10 Å². The van der Waals surface area contributed by atoms with E-state index in [0.717, 1.165) is 30.7 Å². The van der Waals surface area contributed by atoms with Crippen molar-refractivity contribution in [2.45, 2.75) is 12.6 Å². The molecule has 1 aromatic heterocycles. The highest BCUT2D eigenvalue weighted by Crippen LogP contribution is 2.18. The van der Waals surface area contributed by atoms with Crippen LogP contribution in [0, 0.1) is 0 Å². The van der Waals surface area contributed by atoms with E-state index in [1.54, 1.807) is 7.11 Å². The Labute approximate surface area is 93.8 Å². The quantitative estimate of drug-likeness (QED) is 0.785. The first-order valence-electron chi connectivity index (χ1n) is 5.42. The van der Waals surface area contributed by atoms with E-state index in [2.05, 4.69) is 22.0 Å². The van der Waals surface area contributed by atoms with Crippen molar-refractivity contribution in [3.63, 3.8) is 0 Å². The van der Waals surface area contributed by atoms with Gasteiger partial charge in [-0.1, -0.05) is 6.07 Å².